The van der Waals surface area contributed by atoms with Crippen LogP contribution in [0.2, 0.25) is 0 Å². The number of Topliss-reactive ketones (excluding diaryl/α,β-unsaturated/α-hetero) is 1. The molecule has 0 spiro atoms. The Bertz CT molecular complexity index is 509. The zero-order valence-electron chi connectivity index (χ0n) is 9.74. The number of nitrogens with two attached hydrogens (primary N) is 1. The lowest BCUT2D eigenvalue weighted by Gasteiger charge is -2.01. The third-order valence-corrected chi connectivity index (χ3v) is 2.13. The number of hydrogen-bond acceptors (Lipinski definition) is 4. The van der Waals surface area contributed by atoms with Gasteiger partial charge in [-0.25, -0.2) is 0 Å². The zero-order valence-corrected chi connectivity index (χ0v) is 9.74. The van der Waals surface area contributed by atoms with Gasteiger partial charge in [-0.2, -0.15) is 0 Å². The van der Waals surface area contributed by atoms with Crippen molar-refractivity contribution in [2.45, 2.75) is 13.3 Å². The first kappa shape index (κ1) is 12.8. The maximum Gasteiger partial charge on any atom is 0.317 e. The summed E-state index contributed by atoms with van der Waals surface area (Å²) in [6, 6.07) is 4.94. The Morgan fingerprint density at radius 3 is 2.71 bits per heavy atom. The summed E-state index contributed by atoms with van der Waals surface area (Å²) in [5, 5.41) is 0. The number of methoxy groups -OCH3 is 1. The van der Waals surface area contributed by atoms with Crippen molar-refractivity contribution in [3.05, 3.63) is 29.3 Å². The molecular formula is C13H13NO3. The van der Waals surface area contributed by atoms with Crippen LogP contribution in [0.15, 0.2) is 18.2 Å². The van der Waals surface area contributed by atoms with Gasteiger partial charge in [-0.05, 0) is 25.1 Å². The van der Waals surface area contributed by atoms with E-state index in [0.29, 0.717) is 16.8 Å². The van der Waals surface area contributed by atoms with Gasteiger partial charge in [-0.15, -0.1) is 0 Å². The van der Waals surface area contributed by atoms with E-state index in [1.54, 1.807) is 18.2 Å². The van der Waals surface area contributed by atoms with Crippen LogP contribution in [0.1, 0.15) is 29.3 Å². The van der Waals surface area contributed by atoms with Crippen molar-refractivity contribution in [1.82, 2.24) is 0 Å². The molecule has 4 heteroatoms. The second-order valence-corrected chi connectivity index (χ2v) is 3.41. The van der Waals surface area contributed by atoms with Crippen molar-refractivity contribution in [3.8, 4) is 11.8 Å². The van der Waals surface area contributed by atoms with Gasteiger partial charge in [0.1, 0.15) is 6.42 Å². The number of esters is 1. The molecule has 0 heterocycles. The molecule has 1 rings (SSSR count). The van der Waals surface area contributed by atoms with Crippen LogP contribution in [0.25, 0.3) is 0 Å². The van der Waals surface area contributed by atoms with E-state index >= 15 is 0 Å². The number of carbonyl (C=O) groups is 2. The molecule has 0 saturated carbocycles. The van der Waals surface area contributed by atoms with Crippen LogP contribution >= 0.6 is 0 Å². The Morgan fingerprint density at radius 1 is 1.41 bits per heavy atom. The molecule has 17 heavy (non-hydrogen) atoms. The molecule has 0 bridgehead atoms. The number of ketones is 1. The Kier molecular flexibility index (Phi) is 4.29. The Hall–Kier alpha value is -2.28. The Balaban J connectivity index is 2.89. The minimum atomic E-state index is -0.389. The highest BCUT2D eigenvalue weighted by Gasteiger charge is 2.04. The fraction of sp³-hybridized carbons (Fsp3) is 0.231. The van der Waals surface area contributed by atoms with Crippen LogP contribution in [0.4, 0.5) is 5.69 Å². The van der Waals surface area contributed by atoms with Crippen LogP contribution < -0.4 is 5.73 Å². The highest BCUT2D eigenvalue weighted by Crippen LogP contribution is 2.14. The maximum absolute atomic E-state index is 11.2. The van der Waals surface area contributed by atoms with E-state index in [4.69, 9.17) is 5.73 Å². The lowest BCUT2D eigenvalue weighted by atomic mass is 10.1. The third-order valence-electron chi connectivity index (χ3n) is 2.13. The van der Waals surface area contributed by atoms with Gasteiger partial charge in [0, 0.05) is 16.8 Å². The highest BCUT2D eigenvalue weighted by atomic mass is 16.5. The minimum Gasteiger partial charge on any atom is -0.468 e. The normalized spacial score (nSPS) is 9.06. The summed E-state index contributed by atoms with van der Waals surface area (Å²) in [5.41, 5.74) is 7.16. The van der Waals surface area contributed by atoms with E-state index in [2.05, 4.69) is 16.6 Å². The fourth-order valence-electron chi connectivity index (χ4n) is 1.23. The molecule has 0 aliphatic rings. The van der Waals surface area contributed by atoms with Crippen LogP contribution in [0, 0.1) is 11.8 Å². The fourth-order valence-corrected chi connectivity index (χ4v) is 1.23. The molecule has 0 amide bonds. The topological polar surface area (TPSA) is 69.4 Å². The Morgan fingerprint density at radius 2 is 2.12 bits per heavy atom. The standard InChI is InChI=1S/C13H13NO3/c1-9(15)11-8-10(6-7-12(11)14)4-3-5-13(16)17-2/h6-8H,5,14H2,1-2H3. The molecule has 0 aliphatic heterocycles. The number of nitrogen functional groups attached to an aromatic ring is 1. The second-order valence-electron chi connectivity index (χ2n) is 3.41. The van der Waals surface area contributed by atoms with Crippen LogP contribution in [0.5, 0.6) is 0 Å². The highest BCUT2D eigenvalue weighted by molar-refractivity contribution is 5.99. The summed E-state index contributed by atoms with van der Waals surface area (Å²) >= 11 is 0. The summed E-state index contributed by atoms with van der Waals surface area (Å²) in [5.74, 6) is 4.93. The van der Waals surface area contributed by atoms with Crippen LogP contribution in [-0.2, 0) is 9.53 Å². The van der Waals surface area contributed by atoms with E-state index in [9.17, 15) is 9.59 Å². The summed E-state index contributed by atoms with van der Waals surface area (Å²) in [4.78, 5) is 22.1. The van der Waals surface area contributed by atoms with Crippen molar-refractivity contribution >= 4 is 17.4 Å². The quantitative estimate of drug-likeness (QED) is 0.361. The van der Waals surface area contributed by atoms with E-state index in [0.717, 1.165) is 0 Å². The van der Waals surface area contributed by atoms with Gasteiger partial charge in [0.15, 0.2) is 5.78 Å². The number of carbonyl (C=O) groups excluding carboxylic acids is 2. The average Bonchev–Trinajstić information content (AvgIpc) is 2.30. The predicted molar refractivity (Wildman–Crippen MR) is 64.4 cm³/mol. The number of benzene rings is 1. The third kappa shape index (κ3) is 3.65. The number of anilines is 1. The number of rotatable bonds is 2. The predicted octanol–water partition coefficient (Wildman–Crippen LogP) is 1.39. The van der Waals surface area contributed by atoms with Crippen molar-refractivity contribution < 1.29 is 14.3 Å². The van der Waals surface area contributed by atoms with Crippen molar-refractivity contribution in [3.63, 3.8) is 0 Å². The average molecular weight is 231 g/mol. The maximum atomic E-state index is 11.2. The molecule has 0 unspecified atom stereocenters. The first-order valence-corrected chi connectivity index (χ1v) is 5.00. The first-order chi connectivity index (χ1) is 8.04. The van der Waals surface area contributed by atoms with Gasteiger partial charge in [-0.3, -0.25) is 9.59 Å². The molecule has 0 radical (unpaired) electrons. The summed E-state index contributed by atoms with van der Waals surface area (Å²) < 4.78 is 4.45. The molecule has 88 valence electrons. The molecule has 0 atom stereocenters. The van der Waals surface area contributed by atoms with Gasteiger partial charge < -0.3 is 10.5 Å². The van der Waals surface area contributed by atoms with Gasteiger partial charge in [0.25, 0.3) is 0 Å². The largest absolute Gasteiger partial charge is 0.468 e. The summed E-state index contributed by atoms with van der Waals surface area (Å²) in [7, 11) is 1.31. The summed E-state index contributed by atoms with van der Waals surface area (Å²) in [6.07, 6.45) is 0.0241. The number of hydrogen-bond donors (Lipinski definition) is 1. The van der Waals surface area contributed by atoms with Crippen molar-refractivity contribution in [1.29, 1.82) is 0 Å². The smallest absolute Gasteiger partial charge is 0.317 e. The van der Waals surface area contributed by atoms with E-state index < -0.39 is 0 Å². The van der Waals surface area contributed by atoms with Crippen molar-refractivity contribution in [2.75, 3.05) is 12.8 Å². The molecule has 0 saturated heterocycles. The van der Waals surface area contributed by atoms with E-state index in [1.165, 1.54) is 14.0 Å². The molecule has 2 N–H and O–H groups in total. The molecule has 1 aromatic rings. The second kappa shape index (κ2) is 5.71. The summed E-state index contributed by atoms with van der Waals surface area (Å²) in [6.45, 7) is 1.44. The molecule has 0 fully saturated rings. The van der Waals surface area contributed by atoms with Crippen LogP contribution in [-0.4, -0.2) is 18.9 Å². The molecule has 0 aliphatic carbocycles. The van der Waals surface area contributed by atoms with Gasteiger partial charge in [0.05, 0.1) is 7.11 Å². The van der Waals surface area contributed by atoms with Gasteiger partial charge in [-0.1, -0.05) is 11.8 Å². The monoisotopic (exact) mass is 231 g/mol. The lowest BCUT2D eigenvalue weighted by Crippen LogP contribution is -2.00. The zero-order chi connectivity index (χ0) is 12.8. The van der Waals surface area contributed by atoms with Gasteiger partial charge >= 0.3 is 5.97 Å². The molecule has 0 aromatic heterocycles. The van der Waals surface area contributed by atoms with E-state index in [-0.39, 0.29) is 18.2 Å². The van der Waals surface area contributed by atoms with Crippen molar-refractivity contribution in [2.24, 2.45) is 0 Å². The van der Waals surface area contributed by atoms with E-state index in [1.807, 2.05) is 0 Å². The number of ether oxygens (including phenoxy) is 1. The van der Waals surface area contributed by atoms with Gasteiger partial charge in [0.2, 0.25) is 0 Å². The molecule has 1 aromatic carbocycles. The minimum absolute atomic E-state index is 0.0241. The lowest BCUT2D eigenvalue weighted by molar-refractivity contribution is -0.139. The molecule has 4 nitrogen and oxygen atoms in total. The SMILES string of the molecule is COC(=O)CC#Cc1ccc(N)c(C(C)=O)c1. The first-order valence-electron chi connectivity index (χ1n) is 5.00. The van der Waals surface area contributed by atoms with Crippen LogP contribution in [0.3, 0.4) is 0 Å². The Labute approximate surface area is 99.8 Å². The molecular weight excluding hydrogens is 218 g/mol.